The first-order valence-corrected chi connectivity index (χ1v) is 8.63. The molecule has 7 heteroatoms. The summed E-state index contributed by atoms with van der Waals surface area (Å²) in [5.74, 6) is 0.213. The molecule has 0 amide bonds. The quantitative estimate of drug-likeness (QED) is 0.646. The van der Waals surface area contributed by atoms with Crippen molar-refractivity contribution >= 4 is 15.8 Å². The van der Waals surface area contributed by atoms with Gasteiger partial charge in [0.2, 0.25) is 0 Å². The van der Waals surface area contributed by atoms with Gasteiger partial charge in [-0.15, -0.1) is 0 Å². The van der Waals surface area contributed by atoms with E-state index in [1.165, 1.54) is 0 Å². The molecule has 1 unspecified atom stereocenters. The number of carbonyl (C=O) groups is 1. The van der Waals surface area contributed by atoms with Gasteiger partial charge in [-0.2, -0.15) is 0 Å². The first-order valence-electron chi connectivity index (χ1n) is 6.81. The van der Waals surface area contributed by atoms with Crippen molar-refractivity contribution in [1.29, 1.82) is 0 Å². The molecule has 1 atom stereocenters. The molecule has 1 rings (SSSR count). The van der Waals surface area contributed by atoms with Gasteiger partial charge in [0.25, 0.3) is 0 Å². The Hall–Kier alpha value is -0.660. The number of nitrogens with zero attached hydrogens (tertiary/aromatic N) is 1. The minimum Gasteiger partial charge on any atom is -0.465 e. The van der Waals surface area contributed by atoms with E-state index >= 15 is 0 Å². The summed E-state index contributed by atoms with van der Waals surface area (Å²) in [6.45, 7) is 6.65. The molecule has 0 aromatic heterocycles. The zero-order valence-electron chi connectivity index (χ0n) is 11.7. The van der Waals surface area contributed by atoms with Gasteiger partial charge >= 0.3 is 5.97 Å². The Bertz CT molecular complexity index is 369. The lowest BCUT2D eigenvalue weighted by molar-refractivity contribution is -0.145. The van der Waals surface area contributed by atoms with E-state index in [2.05, 4.69) is 10.2 Å². The average molecular weight is 292 g/mol. The van der Waals surface area contributed by atoms with E-state index in [-0.39, 0.29) is 23.5 Å². The lowest BCUT2D eigenvalue weighted by atomic mass is 10.2. The number of carbonyl (C=O) groups excluding carboxylic acids is 1. The minimum absolute atomic E-state index is 0.221. The van der Waals surface area contributed by atoms with Gasteiger partial charge in [-0.25, -0.2) is 8.42 Å². The van der Waals surface area contributed by atoms with Crippen molar-refractivity contribution in [2.24, 2.45) is 0 Å². The molecule has 0 aromatic carbocycles. The second-order valence-electron chi connectivity index (χ2n) is 4.64. The molecule has 1 aliphatic rings. The Balaban J connectivity index is 2.37. The van der Waals surface area contributed by atoms with Crippen LogP contribution in [-0.2, 0) is 19.4 Å². The summed E-state index contributed by atoms with van der Waals surface area (Å²) >= 11 is 0. The van der Waals surface area contributed by atoms with Crippen LogP contribution < -0.4 is 5.32 Å². The number of ether oxygens (including phenoxy) is 1. The van der Waals surface area contributed by atoms with Gasteiger partial charge in [-0.05, 0) is 19.9 Å². The van der Waals surface area contributed by atoms with Crippen LogP contribution in [-0.4, -0.2) is 69.6 Å². The number of likely N-dealkylation sites (N-methyl/N-ethyl adjacent to an activating group) is 1. The molecule has 1 heterocycles. The number of nitrogens with one attached hydrogen (secondary N) is 1. The summed E-state index contributed by atoms with van der Waals surface area (Å²) in [6, 6.07) is -0.302. The van der Waals surface area contributed by atoms with E-state index in [9.17, 15) is 13.2 Å². The third kappa shape index (κ3) is 5.88. The zero-order chi connectivity index (χ0) is 14.3. The fourth-order valence-electron chi connectivity index (χ4n) is 2.08. The topological polar surface area (TPSA) is 75.7 Å². The van der Waals surface area contributed by atoms with Gasteiger partial charge in [0.1, 0.15) is 6.04 Å². The van der Waals surface area contributed by atoms with Gasteiger partial charge in [-0.1, -0.05) is 6.92 Å². The third-order valence-corrected chi connectivity index (χ3v) is 4.80. The molecule has 1 saturated heterocycles. The molecule has 19 heavy (non-hydrogen) atoms. The Morgan fingerprint density at radius 2 is 1.95 bits per heavy atom. The maximum absolute atomic E-state index is 11.7. The summed E-state index contributed by atoms with van der Waals surface area (Å²) in [5.41, 5.74) is 0. The fourth-order valence-corrected chi connectivity index (χ4v) is 3.35. The van der Waals surface area contributed by atoms with Gasteiger partial charge in [0, 0.05) is 19.6 Å². The molecule has 0 saturated carbocycles. The van der Waals surface area contributed by atoms with Crippen molar-refractivity contribution < 1.29 is 17.9 Å². The van der Waals surface area contributed by atoms with Crippen LogP contribution in [0.2, 0.25) is 0 Å². The molecule has 6 nitrogen and oxygen atoms in total. The molecule has 1 fully saturated rings. The molecule has 0 radical (unpaired) electrons. The Kier molecular flexibility index (Phi) is 6.74. The normalized spacial score (nSPS) is 20.9. The maximum Gasteiger partial charge on any atom is 0.323 e. The zero-order valence-corrected chi connectivity index (χ0v) is 12.5. The number of hydrogen-bond donors (Lipinski definition) is 1. The predicted octanol–water partition coefficient (Wildman–Crippen LogP) is -0.352. The highest BCUT2D eigenvalue weighted by Gasteiger charge is 2.24. The van der Waals surface area contributed by atoms with Crippen molar-refractivity contribution in [2.45, 2.75) is 26.3 Å². The summed E-state index contributed by atoms with van der Waals surface area (Å²) in [6.07, 6.45) is 0.646. The standard InChI is InChI=1S/C12H24N2O4S/c1-3-13-11(12(15)18-4-2)5-6-14-7-9-19(16,17)10-8-14/h11,13H,3-10H2,1-2H3. The van der Waals surface area contributed by atoms with Crippen LogP contribution in [0.1, 0.15) is 20.3 Å². The first kappa shape index (κ1) is 16.4. The Morgan fingerprint density at radius 3 is 2.47 bits per heavy atom. The monoisotopic (exact) mass is 292 g/mol. The summed E-state index contributed by atoms with van der Waals surface area (Å²) in [4.78, 5) is 13.8. The molecular weight excluding hydrogens is 268 g/mol. The first-order chi connectivity index (χ1) is 8.98. The fraction of sp³-hybridized carbons (Fsp3) is 0.917. The number of rotatable bonds is 7. The third-order valence-electron chi connectivity index (χ3n) is 3.19. The van der Waals surface area contributed by atoms with E-state index in [1.54, 1.807) is 6.92 Å². The molecule has 1 N–H and O–H groups in total. The lowest BCUT2D eigenvalue weighted by Crippen LogP contribution is -2.45. The molecule has 1 aliphatic heterocycles. The van der Waals surface area contributed by atoms with E-state index in [0.717, 1.165) is 0 Å². The summed E-state index contributed by atoms with van der Waals surface area (Å²) in [7, 11) is -2.84. The SMILES string of the molecule is CCNC(CCN1CCS(=O)(=O)CC1)C(=O)OCC. The van der Waals surface area contributed by atoms with Crippen LogP contribution in [0.5, 0.6) is 0 Å². The van der Waals surface area contributed by atoms with Crippen molar-refractivity contribution in [3.8, 4) is 0 Å². The average Bonchev–Trinajstić information content (AvgIpc) is 2.36. The molecule has 0 bridgehead atoms. The minimum atomic E-state index is -2.84. The van der Waals surface area contributed by atoms with Gasteiger partial charge < -0.3 is 15.0 Å². The molecule has 112 valence electrons. The van der Waals surface area contributed by atoms with Crippen molar-refractivity contribution in [2.75, 3.05) is 44.3 Å². The highest BCUT2D eigenvalue weighted by atomic mass is 32.2. The largest absolute Gasteiger partial charge is 0.465 e. The predicted molar refractivity (Wildman–Crippen MR) is 73.8 cm³/mol. The smallest absolute Gasteiger partial charge is 0.323 e. The van der Waals surface area contributed by atoms with Crippen LogP contribution in [0.15, 0.2) is 0 Å². The second kappa shape index (κ2) is 7.81. The number of sulfone groups is 1. The Morgan fingerprint density at radius 1 is 1.32 bits per heavy atom. The second-order valence-corrected chi connectivity index (χ2v) is 6.95. The van der Waals surface area contributed by atoms with Crippen LogP contribution >= 0.6 is 0 Å². The van der Waals surface area contributed by atoms with Crippen molar-refractivity contribution in [3.63, 3.8) is 0 Å². The lowest BCUT2D eigenvalue weighted by Gasteiger charge is -2.27. The summed E-state index contributed by atoms with van der Waals surface area (Å²) in [5, 5.41) is 3.10. The molecule has 0 aromatic rings. The van der Waals surface area contributed by atoms with Crippen LogP contribution in [0.4, 0.5) is 0 Å². The van der Waals surface area contributed by atoms with Crippen molar-refractivity contribution in [3.05, 3.63) is 0 Å². The highest BCUT2D eigenvalue weighted by molar-refractivity contribution is 7.91. The highest BCUT2D eigenvalue weighted by Crippen LogP contribution is 2.06. The summed E-state index contributed by atoms with van der Waals surface area (Å²) < 4.78 is 27.6. The van der Waals surface area contributed by atoms with Crippen LogP contribution in [0.3, 0.4) is 0 Å². The molecule has 0 spiro atoms. The molecular formula is C12H24N2O4S. The van der Waals surface area contributed by atoms with E-state index in [1.807, 2.05) is 6.92 Å². The van der Waals surface area contributed by atoms with Crippen LogP contribution in [0.25, 0.3) is 0 Å². The van der Waals surface area contributed by atoms with E-state index in [4.69, 9.17) is 4.74 Å². The van der Waals surface area contributed by atoms with Crippen LogP contribution in [0, 0.1) is 0 Å². The maximum atomic E-state index is 11.7. The van der Waals surface area contributed by atoms with Gasteiger partial charge in [0.15, 0.2) is 9.84 Å². The van der Waals surface area contributed by atoms with Gasteiger partial charge in [-0.3, -0.25) is 4.79 Å². The van der Waals surface area contributed by atoms with Gasteiger partial charge in [0.05, 0.1) is 18.1 Å². The number of hydrogen-bond acceptors (Lipinski definition) is 6. The van der Waals surface area contributed by atoms with E-state index < -0.39 is 9.84 Å². The number of esters is 1. The van der Waals surface area contributed by atoms with Crippen molar-refractivity contribution in [1.82, 2.24) is 10.2 Å². The molecule has 0 aliphatic carbocycles. The van der Waals surface area contributed by atoms with E-state index in [0.29, 0.717) is 39.2 Å². The Labute approximate surface area is 115 Å².